The Morgan fingerprint density at radius 3 is 2.90 bits per heavy atom. The molecule has 1 saturated heterocycles. The Kier molecular flexibility index (Phi) is 4.49. The zero-order chi connectivity index (χ0) is 14.7. The molecule has 0 saturated carbocycles. The minimum atomic E-state index is -0.331. The van der Waals surface area contributed by atoms with Crippen molar-refractivity contribution in [1.82, 2.24) is 4.90 Å². The number of benzene rings is 1. The van der Waals surface area contributed by atoms with Crippen LogP contribution in [0.3, 0.4) is 0 Å². The average molecular weight is 277 g/mol. The highest BCUT2D eigenvalue weighted by Gasteiger charge is 2.28. The molecular formula is C15H23N3O2. The van der Waals surface area contributed by atoms with Crippen molar-refractivity contribution in [2.24, 2.45) is 0 Å². The van der Waals surface area contributed by atoms with Crippen molar-refractivity contribution in [3.8, 4) is 0 Å². The summed E-state index contributed by atoms with van der Waals surface area (Å²) in [6.45, 7) is 1.94. The van der Waals surface area contributed by atoms with Gasteiger partial charge in [-0.1, -0.05) is 0 Å². The number of carbonyl (C=O) groups excluding carboxylic acids is 1. The van der Waals surface area contributed by atoms with E-state index in [1.165, 1.54) is 7.11 Å². The minimum Gasteiger partial charge on any atom is -0.465 e. The normalized spacial score (nSPS) is 18.6. The van der Waals surface area contributed by atoms with Gasteiger partial charge in [-0.25, -0.2) is 4.79 Å². The van der Waals surface area contributed by atoms with E-state index in [9.17, 15) is 4.79 Å². The van der Waals surface area contributed by atoms with Crippen LogP contribution in [0.1, 0.15) is 23.2 Å². The van der Waals surface area contributed by atoms with Crippen LogP contribution in [0.5, 0.6) is 0 Å². The quantitative estimate of drug-likeness (QED) is 0.669. The van der Waals surface area contributed by atoms with Crippen LogP contribution in [-0.2, 0) is 4.74 Å². The van der Waals surface area contributed by atoms with Crippen molar-refractivity contribution in [2.75, 3.05) is 44.9 Å². The molecular weight excluding hydrogens is 254 g/mol. The first-order valence-corrected chi connectivity index (χ1v) is 6.92. The molecule has 0 bridgehead atoms. The van der Waals surface area contributed by atoms with Gasteiger partial charge >= 0.3 is 5.97 Å². The largest absolute Gasteiger partial charge is 0.465 e. The number of nitrogen functional groups attached to an aromatic ring is 1. The smallest absolute Gasteiger partial charge is 0.340 e. The van der Waals surface area contributed by atoms with E-state index in [0.717, 1.165) is 31.6 Å². The van der Waals surface area contributed by atoms with Gasteiger partial charge < -0.3 is 20.3 Å². The number of nitrogens with zero attached hydrogens (tertiary/aromatic N) is 2. The van der Waals surface area contributed by atoms with E-state index in [4.69, 9.17) is 10.5 Å². The fraction of sp³-hybridized carbons (Fsp3) is 0.533. The monoisotopic (exact) mass is 277 g/mol. The lowest BCUT2D eigenvalue weighted by Crippen LogP contribution is -2.38. The first-order chi connectivity index (χ1) is 9.52. The predicted molar refractivity (Wildman–Crippen MR) is 81.1 cm³/mol. The molecule has 0 amide bonds. The summed E-state index contributed by atoms with van der Waals surface area (Å²) < 4.78 is 4.88. The number of esters is 1. The maximum Gasteiger partial charge on any atom is 0.340 e. The Morgan fingerprint density at radius 2 is 2.25 bits per heavy atom. The van der Waals surface area contributed by atoms with Crippen molar-refractivity contribution >= 4 is 17.3 Å². The van der Waals surface area contributed by atoms with E-state index >= 15 is 0 Å². The molecule has 110 valence electrons. The zero-order valence-electron chi connectivity index (χ0n) is 12.4. The Morgan fingerprint density at radius 1 is 1.50 bits per heavy atom. The van der Waals surface area contributed by atoms with E-state index in [-0.39, 0.29) is 5.97 Å². The molecule has 5 heteroatoms. The molecule has 1 fully saturated rings. The average Bonchev–Trinajstić information content (AvgIpc) is 2.85. The van der Waals surface area contributed by atoms with Gasteiger partial charge in [-0.2, -0.15) is 0 Å². The maximum atomic E-state index is 12.0. The van der Waals surface area contributed by atoms with Crippen LogP contribution in [0, 0.1) is 0 Å². The molecule has 2 rings (SSSR count). The first-order valence-electron chi connectivity index (χ1n) is 6.92. The van der Waals surface area contributed by atoms with Crippen molar-refractivity contribution in [2.45, 2.75) is 18.9 Å². The molecule has 5 nitrogen and oxygen atoms in total. The fourth-order valence-corrected chi connectivity index (χ4v) is 2.84. The van der Waals surface area contributed by atoms with Crippen LogP contribution in [0.2, 0.25) is 0 Å². The van der Waals surface area contributed by atoms with E-state index in [1.807, 2.05) is 12.1 Å². The van der Waals surface area contributed by atoms with Gasteiger partial charge in [-0.15, -0.1) is 0 Å². The number of methoxy groups -OCH3 is 1. The number of rotatable bonds is 4. The predicted octanol–water partition coefficient (Wildman–Crippen LogP) is 1.59. The molecule has 2 N–H and O–H groups in total. The minimum absolute atomic E-state index is 0.331. The van der Waals surface area contributed by atoms with Gasteiger partial charge in [0.05, 0.1) is 18.4 Å². The third-order valence-corrected chi connectivity index (χ3v) is 3.69. The molecule has 1 heterocycles. The van der Waals surface area contributed by atoms with Crippen LogP contribution in [-0.4, -0.2) is 51.2 Å². The summed E-state index contributed by atoms with van der Waals surface area (Å²) in [7, 11) is 5.54. The molecule has 0 aromatic heterocycles. The second kappa shape index (κ2) is 6.13. The molecule has 1 aromatic carbocycles. The van der Waals surface area contributed by atoms with Gasteiger partial charge in [0.2, 0.25) is 0 Å². The zero-order valence-corrected chi connectivity index (χ0v) is 12.4. The second-order valence-electron chi connectivity index (χ2n) is 5.52. The molecule has 1 atom stereocenters. The Balaban J connectivity index is 2.33. The summed E-state index contributed by atoms with van der Waals surface area (Å²) in [4.78, 5) is 16.4. The number of hydrogen-bond acceptors (Lipinski definition) is 5. The third kappa shape index (κ3) is 3.04. The lowest BCUT2D eigenvalue weighted by atomic mass is 10.1. The summed E-state index contributed by atoms with van der Waals surface area (Å²) in [6.07, 6.45) is 2.28. The van der Waals surface area contributed by atoms with Crippen LogP contribution < -0.4 is 10.6 Å². The molecule has 0 radical (unpaired) electrons. The highest BCUT2D eigenvalue weighted by molar-refractivity contribution is 5.97. The van der Waals surface area contributed by atoms with Gasteiger partial charge in [0, 0.05) is 24.8 Å². The Hall–Kier alpha value is -1.75. The van der Waals surface area contributed by atoms with Gasteiger partial charge in [0.15, 0.2) is 0 Å². The number of nitrogens with two attached hydrogens (primary N) is 1. The van der Waals surface area contributed by atoms with Gasteiger partial charge in [-0.3, -0.25) is 0 Å². The van der Waals surface area contributed by atoms with Gasteiger partial charge in [0.1, 0.15) is 0 Å². The molecule has 20 heavy (non-hydrogen) atoms. The second-order valence-corrected chi connectivity index (χ2v) is 5.52. The lowest BCUT2D eigenvalue weighted by molar-refractivity contribution is 0.0601. The van der Waals surface area contributed by atoms with E-state index < -0.39 is 0 Å². The summed E-state index contributed by atoms with van der Waals surface area (Å²) >= 11 is 0. The summed E-state index contributed by atoms with van der Waals surface area (Å²) in [5.74, 6) is -0.331. The fourth-order valence-electron chi connectivity index (χ4n) is 2.84. The van der Waals surface area contributed by atoms with Crippen LogP contribution in [0.25, 0.3) is 0 Å². The van der Waals surface area contributed by atoms with E-state index in [1.54, 1.807) is 6.07 Å². The van der Waals surface area contributed by atoms with Crippen molar-refractivity contribution in [3.05, 3.63) is 23.8 Å². The van der Waals surface area contributed by atoms with Crippen molar-refractivity contribution < 1.29 is 9.53 Å². The highest BCUT2D eigenvalue weighted by atomic mass is 16.5. The topological polar surface area (TPSA) is 58.8 Å². The van der Waals surface area contributed by atoms with Crippen LogP contribution >= 0.6 is 0 Å². The number of hydrogen-bond donors (Lipinski definition) is 1. The molecule has 1 aliphatic rings. The number of likely N-dealkylation sites (N-methyl/N-ethyl adjacent to an activating group) is 1. The lowest BCUT2D eigenvalue weighted by Gasteiger charge is -2.30. The summed E-state index contributed by atoms with van der Waals surface area (Å²) in [5, 5.41) is 0. The standard InChI is InChI=1S/C15H23N3O2/c1-17(2)10-12-5-4-8-18(12)14-7-6-11(16)9-13(14)15(19)20-3/h6-7,9,12H,4-5,8,10,16H2,1-3H3. The number of anilines is 2. The van der Waals surface area contributed by atoms with Crippen LogP contribution in [0.4, 0.5) is 11.4 Å². The van der Waals surface area contributed by atoms with Crippen molar-refractivity contribution in [3.63, 3.8) is 0 Å². The Bertz CT molecular complexity index is 488. The summed E-state index contributed by atoms with van der Waals surface area (Å²) in [5.41, 5.74) is 7.86. The van der Waals surface area contributed by atoms with E-state index in [0.29, 0.717) is 17.3 Å². The van der Waals surface area contributed by atoms with Gasteiger partial charge in [-0.05, 0) is 45.1 Å². The Labute approximate surface area is 120 Å². The third-order valence-electron chi connectivity index (χ3n) is 3.69. The molecule has 1 aliphatic heterocycles. The van der Waals surface area contributed by atoms with E-state index in [2.05, 4.69) is 23.9 Å². The molecule has 0 spiro atoms. The SMILES string of the molecule is COC(=O)c1cc(N)ccc1N1CCCC1CN(C)C. The van der Waals surface area contributed by atoms with Gasteiger partial charge in [0.25, 0.3) is 0 Å². The summed E-state index contributed by atoms with van der Waals surface area (Å²) in [6, 6.07) is 5.89. The first kappa shape index (κ1) is 14.7. The maximum absolute atomic E-state index is 12.0. The number of ether oxygens (including phenoxy) is 1. The molecule has 1 aromatic rings. The van der Waals surface area contributed by atoms with Crippen molar-refractivity contribution in [1.29, 1.82) is 0 Å². The molecule has 0 aliphatic carbocycles. The van der Waals surface area contributed by atoms with Crippen LogP contribution in [0.15, 0.2) is 18.2 Å². The number of carbonyl (C=O) groups is 1. The molecule has 1 unspecified atom stereocenters. The highest BCUT2D eigenvalue weighted by Crippen LogP contribution is 2.30.